The molecule has 1 N–H and O–H groups in total. The molecule has 0 unspecified atom stereocenters. The lowest BCUT2D eigenvalue weighted by Crippen LogP contribution is -2.29. The average Bonchev–Trinajstić information content (AvgIpc) is 2.18. The van der Waals surface area contributed by atoms with Gasteiger partial charge in [-0.25, -0.2) is 4.68 Å². The van der Waals surface area contributed by atoms with E-state index in [-0.39, 0.29) is 0 Å². The maximum Gasteiger partial charge on any atom is 0.325 e. The van der Waals surface area contributed by atoms with Crippen molar-refractivity contribution in [1.29, 1.82) is 0 Å². The van der Waals surface area contributed by atoms with Crippen molar-refractivity contribution >= 4 is 5.97 Å². The van der Waals surface area contributed by atoms with Gasteiger partial charge < -0.3 is 9.84 Å². The summed E-state index contributed by atoms with van der Waals surface area (Å²) in [6.45, 7) is 0.545. The van der Waals surface area contributed by atoms with Gasteiger partial charge in [0.25, 0.3) is 5.56 Å². The van der Waals surface area contributed by atoms with Crippen molar-refractivity contribution in [3.8, 4) is 0 Å². The van der Waals surface area contributed by atoms with Crippen molar-refractivity contribution in [2.45, 2.75) is 19.6 Å². The Balaban J connectivity index is 2.40. The zero-order valence-electron chi connectivity index (χ0n) is 7.97. The van der Waals surface area contributed by atoms with Crippen LogP contribution in [0.1, 0.15) is 11.3 Å². The summed E-state index contributed by atoms with van der Waals surface area (Å²) < 4.78 is 6.13. The van der Waals surface area contributed by atoms with Gasteiger partial charge in [-0.15, -0.1) is 0 Å². The Morgan fingerprint density at radius 3 is 3.20 bits per heavy atom. The van der Waals surface area contributed by atoms with Gasteiger partial charge in [-0.2, -0.15) is 5.10 Å². The number of aliphatic carboxylic acids is 1. The molecular weight excluding hydrogens is 200 g/mol. The maximum absolute atomic E-state index is 11.4. The van der Waals surface area contributed by atoms with Gasteiger partial charge in [-0.05, 0) is 0 Å². The number of hydrogen-bond donors (Lipinski definition) is 1. The van der Waals surface area contributed by atoms with Crippen LogP contribution in [-0.4, -0.2) is 27.5 Å². The van der Waals surface area contributed by atoms with Crippen LogP contribution in [0.2, 0.25) is 0 Å². The minimum atomic E-state index is -1.07. The van der Waals surface area contributed by atoms with Gasteiger partial charge in [0.15, 0.2) is 0 Å². The zero-order valence-corrected chi connectivity index (χ0v) is 7.97. The van der Waals surface area contributed by atoms with E-state index >= 15 is 0 Å². The smallest absolute Gasteiger partial charge is 0.325 e. The number of hydrogen-bond acceptors (Lipinski definition) is 4. The molecule has 0 saturated carbocycles. The first-order chi connectivity index (χ1) is 7.16. The second kappa shape index (κ2) is 3.82. The molecule has 1 aliphatic rings. The van der Waals surface area contributed by atoms with Crippen LogP contribution in [0.3, 0.4) is 0 Å². The molecule has 1 aromatic heterocycles. The predicted molar refractivity (Wildman–Crippen MR) is 49.5 cm³/mol. The Kier molecular flexibility index (Phi) is 2.51. The Labute approximate surface area is 85.1 Å². The monoisotopic (exact) mass is 210 g/mol. The molecule has 0 bridgehead atoms. The van der Waals surface area contributed by atoms with Gasteiger partial charge in [-0.3, -0.25) is 9.59 Å². The normalized spacial score (nSPS) is 14.7. The van der Waals surface area contributed by atoms with Crippen LogP contribution in [0.5, 0.6) is 0 Å². The number of carboxylic acids is 1. The van der Waals surface area contributed by atoms with E-state index in [1.165, 1.54) is 6.07 Å². The highest BCUT2D eigenvalue weighted by Crippen LogP contribution is 2.11. The molecule has 0 radical (unpaired) electrons. The molecule has 0 aromatic carbocycles. The number of ether oxygens (including phenoxy) is 1. The topological polar surface area (TPSA) is 81.4 Å². The van der Waals surface area contributed by atoms with Gasteiger partial charge in [-0.1, -0.05) is 0 Å². The largest absolute Gasteiger partial charge is 0.480 e. The highest BCUT2D eigenvalue weighted by atomic mass is 16.5. The molecule has 15 heavy (non-hydrogen) atoms. The molecule has 0 atom stereocenters. The SMILES string of the molecule is O=C(O)Cn1nc2c(cc1=O)COCC2. The number of carboxylic acid groups (broad SMARTS) is 1. The van der Waals surface area contributed by atoms with E-state index in [1.807, 2.05) is 0 Å². The third kappa shape index (κ3) is 2.04. The average molecular weight is 210 g/mol. The summed E-state index contributed by atoms with van der Waals surface area (Å²) in [5, 5.41) is 12.6. The van der Waals surface area contributed by atoms with Gasteiger partial charge in [0.2, 0.25) is 0 Å². The fourth-order valence-corrected chi connectivity index (χ4v) is 1.49. The van der Waals surface area contributed by atoms with Crippen LogP contribution in [-0.2, 0) is 29.1 Å². The van der Waals surface area contributed by atoms with Crippen LogP contribution in [0.15, 0.2) is 10.9 Å². The third-order valence-corrected chi connectivity index (χ3v) is 2.19. The van der Waals surface area contributed by atoms with E-state index in [4.69, 9.17) is 9.84 Å². The first kappa shape index (κ1) is 9.85. The predicted octanol–water partition coefficient (Wildman–Crippen LogP) is -0.599. The summed E-state index contributed by atoms with van der Waals surface area (Å²) >= 11 is 0. The first-order valence-electron chi connectivity index (χ1n) is 4.56. The van der Waals surface area contributed by atoms with Crippen LogP contribution >= 0.6 is 0 Å². The summed E-state index contributed by atoms with van der Waals surface area (Å²) in [4.78, 5) is 21.9. The summed E-state index contributed by atoms with van der Waals surface area (Å²) in [5.74, 6) is -1.07. The lowest BCUT2D eigenvalue weighted by molar-refractivity contribution is -0.138. The van der Waals surface area contributed by atoms with Crippen LogP contribution in [0.25, 0.3) is 0 Å². The highest BCUT2D eigenvalue weighted by molar-refractivity contribution is 5.66. The standard InChI is InChI=1S/C9H10N2O4/c12-8-3-6-5-15-2-1-7(6)10-11(8)4-9(13)14/h3H,1-2,4-5H2,(H,13,14). The van der Waals surface area contributed by atoms with Crippen molar-refractivity contribution in [3.63, 3.8) is 0 Å². The highest BCUT2D eigenvalue weighted by Gasteiger charge is 2.14. The number of nitrogens with zero attached hydrogens (tertiary/aromatic N) is 2. The molecule has 0 saturated heterocycles. The van der Waals surface area contributed by atoms with E-state index in [0.717, 1.165) is 15.9 Å². The summed E-state index contributed by atoms with van der Waals surface area (Å²) in [6, 6.07) is 1.39. The molecule has 80 valence electrons. The molecule has 0 spiro atoms. The summed E-state index contributed by atoms with van der Waals surface area (Å²) in [5.41, 5.74) is 1.11. The second-order valence-electron chi connectivity index (χ2n) is 3.31. The minimum absolute atomic E-state index is 0.380. The molecule has 6 nitrogen and oxygen atoms in total. The molecule has 0 fully saturated rings. The lowest BCUT2D eigenvalue weighted by Gasteiger charge is -2.15. The van der Waals surface area contributed by atoms with Crippen molar-refractivity contribution in [1.82, 2.24) is 9.78 Å². The quantitative estimate of drug-likeness (QED) is 0.705. The van der Waals surface area contributed by atoms with Crippen LogP contribution in [0.4, 0.5) is 0 Å². The number of carbonyl (C=O) groups is 1. The fourth-order valence-electron chi connectivity index (χ4n) is 1.49. The molecule has 2 rings (SSSR count). The van der Waals surface area contributed by atoms with E-state index in [0.29, 0.717) is 19.6 Å². The van der Waals surface area contributed by atoms with E-state index in [2.05, 4.69) is 5.10 Å². The van der Waals surface area contributed by atoms with E-state index in [9.17, 15) is 9.59 Å². The van der Waals surface area contributed by atoms with Crippen molar-refractivity contribution in [3.05, 3.63) is 27.7 Å². The molecule has 1 aliphatic heterocycles. The first-order valence-corrected chi connectivity index (χ1v) is 4.56. The van der Waals surface area contributed by atoms with Crippen molar-refractivity contribution in [2.24, 2.45) is 0 Å². The van der Waals surface area contributed by atoms with Gasteiger partial charge in [0.05, 0.1) is 18.9 Å². The maximum atomic E-state index is 11.4. The van der Waals surface area contributed by atoms with Crippen molar-refractivity contribution in [2.75, 3.05) is 6.61 Å². The molecule has 2 heterocycles. The summed E-state index contributed by atoms with van der Waals surface area (Å²) in [7, 11) is 0. The van der Waals surface area contributed by atoms with E-state index < -0.39 is 18.1 Å². The van der Waals surface area contributed by atoms with Gasteiger partial charge >= 0.3 is 5.97 Å². The molecular formula is C9H10N2O4. The Morgan fingerprint density at radius 2 is 2.47 bits per heavy atom. The molecule has 0 amide bonds. The number of rotatable bonds is 2. The Morgan fingerprint density at radius 1 is 1.67 bits per heavy atom. The Bertz CT molecular complexity index is 452. The van der Waals surface area contributed by atoms with Gasteiger partial charge in [0, 0.05) is 18.1 Å². The van der Waals surface area contributed by atoms with E-state index in [1.54, 1.807) is 0 Å². The summed E-state index contributed by atoms with van der Waals surface area (Å²) in [6.07, 6.45) is 0.620. The van der Waals surface area contributed by atoms with Crippen molar-refractivity contribution < 1.29 is 14.6 Å². The molecule has 1 aromatic rings. The van der Waals surface area contributed by atoms with Crippen LogP contribution < -0.4 is 5.56 Å². The number of aromatic nitrogens is 2. The molecule has 0 aliphatic carbocycles. The third-order valence-electron chi connectivity index (χ3n) is 2.19. The number of fused-ring (bicyclic) bond motifs is 1. The fraction of sp³-hybridized carbons (Fsp3) is 0.444. The van der Waals surface area contributed by atoms with Crippen LogP contribution in [0, 0.1) is 0 Å². The lowest BCUT2D eigenvalue weighted by atomic mass is 10.1. The minimum Gasteiger partial charge on any atom is -0.480 e. The second-order valence-corrected chi connectivity index (χ2v) is 3.31. The van der Waals surface area contributed by atoms with Gasteiger partial charge in [0.1, 0.15) is 6.54 Å². The Hall–Kier alpha value is -1.69. The zero-order chi connectivity index (χ0) is 10.8. The molecule has 6 heteroatoms.